The first-order valence-electron chi connectivity index (χ1n) is 8.71. The van der Waals surface area contributed by atoms with E-state index in [9.17, 15) is 14.0 Å². The van der Waals surface area contributed by atoms with Gasteiger partial charge in [0.25, 0.3) is 5.91 Å². The first kappa shape index (κ1) is 21.2. The number of esters is 1. The molecule has 1 N–H and O–H groups in total. The molecule has 1 amide bonds. The summed E-state index contributed by atoms with van der Waals surface area (Å²) < 4.78 is 25.0. The van der Waals surface area contributed by atoms with Gasteiger partial charge in [-0.05, 0) is 54.1 Å². The molecular formula is C22H16BrFN2O4. The Bertz CT molecular complexity index is 1120. The Hall–Kier alpha value is -3.52. The Kier molecular flexibility index (Phi) is 6.92. The molecule has 0 heterocycles. The average molecular weight is 471 g/mol. The zero-order valence-electron chi connectivity index (χ0n) is 15.8. The molecule has 0 aliphatic heterocycles. The lowest BCUT2D eigenvalue weighted by atomic mass is 10.2. The molecule has 3 aromatic rings. The fraction of sp³-hybridized carbons (Fsp3) is 0.0455. The van der Waals surface area contributed by atoms with Crippen molar-refractivity contribution in [3.05, 3.63) is 93.7 Å². The number of nitrogens with one attached hydrogen (secondary N) is 1. The van der Waals surface area contributed by atoms with Gasteiger partial charge in [-0.3, -0.25) is 4.79 Å². The molecule has 0 aliphatic carbocycles. The van der Waals surface area contributed by atoms with E-state index in [2.05, 4.69) is 26.5 Å². The maximum atomic E-state index is 13.6. The third-order valence-electron chi connectivity index (χ3n) is 3.95. The number of halogens is 2. The lowest BCUT2D eigenvalue weighted by molar-refractivity contribution is 0.0729. The first-order chi connectivity index (χ1) is 14.5. The molecule has 0 fully saturated rings. The van der Waals surface area contributed by atoms with Crippen molar-refractivity contribution in [2.24, 2.45) is 5.10 Å². The third kappa shape index (κ3) is 5.30. The number of hydrogen-bond acceptors (Lipinski definition) is 5. The standard InChI is InChI=1S/C22H16BrFN2O4/c1-29-20-11-14(13-25-26-21(27)17-7-2-3-8-18(17)24)9-10-19(20)30-22(28)15-5-4-6-16(23)12-15/h2-13H,1H3,(H,26,27). The SMILES string of the molecule is COc1cc(C=NNC(=O)c2ccccc2F)ccc1OC(=O)c1cccc(Br)c1. The maximum Gasteiger partial charge on any atom is 0.343 e. The monoisotopic (exact) mass is 470 g/mol. The summed E-state index contributed by atoms with van der Waals surface area (Å²) in [6.45, 7) is 0. The quantitative estimate of drug-likeness (QED) is 0.247. The summed E-state index contributed by atoms with van der Waals surface area (Å²) in [5, 5.41) is 3.82. The van der Waals surface area contributed by atoms with Gasteiger partial charge < -0.3 is 9.47 Å². The van der Waals surface area contributed by atoms with Crippen LogP contribution in [0.1, 0.15) is 26.3 Å². The van der Waals surface area contributed by atoms with Crippen molar-refractivity contribution >= 4 is 34.0 Å². The van der Waals surface area contributed by atoms with Crippen molar-refractivity contribution in [1.29, 1.82) is 0 Å². The summed E-state index contributed by atoms with van der Waals surface area (Å²) in [5.74, 6) is -1.30. The van der Waals surface area contributed by atoms with Crippen molar-refractivity contribution in [1.82, 2.24) is 5.43 Å². The highest BCUT2D eigenvalue weighted by Gasteiger charge is 2.13. The Morgan fingerprint density at radius 3 is 2.57 bits per heavy atom. The highest BCUT2D eigenvalue weighted by molar-refractivity contribution is 9.10. The van der Waals surface area contributed by atoms with Crippen LogP contribution < -0.4 is 14.9 Å². The topological polar surface area (TPSA) is 77.0 Å². The van der Waals surface area contributed by atoms with Gasteiger partial charge in [-0.25, -0.2) is 14.6 Å². The number of carbonyl (C=O) groups is 2. The predicted molar refractivity (Wildman–Crippen MR) is 114 cm³/mol. The zero-order chi connectivity index (χ0) is 21.5. The maximum absolute atomic E-state index is 13.6. The predicted octanol–water partition coefficient (Wildman–Crippen LogP) is 4.58. The Labute approximate surface area is 180 Å². The van der Waals surface area contributed by atoms with Crippen molar-refractivity contribution in [3.8, 4) is 11.5 Å². The van der Waals surface area contributed by atoms with Crippen LogP contribution >= 0.6 is 15.9 Å². The summed E-state index contributed by atoms with van der Waals surface area (Å²) in [6, 6.07) is 17.2. The minimum atomic E-state index is -0.670. The molecule has 0 unspecified atom stereocenters. The normalized spacial score (nSPS) is 10.6. The molecule has 0 saturated carbocycles. The first-order valence-corrected chi connectivity index (χ1v) is 9.51. The molecule has 0 saturated heterocycles. The van der Waals surface area contributed by atoms with Gasteiger partial charge in [0.15, 0.2) is 11.5 Å². The molecule has 0 radical (unpaired) electrons. The van der Waals surface area contributed by atoms with Gasteiger partial charge in [-0.15, -0.1) is 0 Å². The summed E-state index contributed by atoms with van der Waals surface area (Å²) in [5.41, 5.74) is 3.10. The van der Waals surface area contributed by atoms with E-state index in [4.69, 9.17) is 9.47 Å². The van der Waals surface area contributed by atoms with Gasteiger partial charge in [-0.2, -0.15) is 5.10 Å². The summed E-state index contributed by atoms with van der Waals surface area (Å²) in [6.07, 6.45) is 1.36. The molecule has 3 aromatic carbocycles. The highest BCUT2D eigenvalue weighted by atomic mass is 79.9. The minimum absolute atomic E-state index is 0.109. The average Bonchev–Trinajstić information content (AvgIpc) is 2.74. The van der Waals surface area contributed by atoms with Crippen LogP contribution in [0.5, 0.6) is 11.5 Å². The van der Waals surface area contributed by atoms with E-state index in [1.807, 2.05) is 0 Å². The minimum Gasteiger partial charge on any atom is -0.493 e. The molecule has 30 heavy (non-hydrogen) atoms. The van der Waals surface area contributed by atoms with Crippen LogP contribution in [0.2, 0.25) is 0 Å². The number of hydrazone groups is 1. The van der Waals surface area contributed by atoms with Crippen molar-refractivity contribution < 1.29 is 23.5 Å². The van der Waals surface area contributed by atoms with Crippen molar-refractivity contribution in [3.63, 3.8) is 0 Å². The van der Waals surface area contributed by atoms with E-state index in [0.717, 1.165) is 4.47 Å². The fourth-order valence-electron chi connectivity index (χ4n) is 2.49. The number of nitrogens with zero attached hydrogens (tertiary/aromatic N) is 1. The van der Waals surface area contributed by atoms with Crippen LogP contribution in [0.25, 0.3) is 0 Å². The largest absolute Gasteiger partial charge is 0.493 e. The number of benzene rings is 3. The van der Waals surface area contributed by atoms with Crippen LogP contribution in [0, 0.1) is 5.82 Å². The molecule has 8 heteroatoms. The molecule has 6 nitrogen and oxygen atoms in total. The number of rotatable bonds is 6. The van der Waals surface area contributed by atoms with Crippen LogP contribution in [-0.4, -0.2) is 25.2 Å². The summed E-state index contributed by atoms with van der Waals surface area (Å²) >= 11 is 3.31. The number of hydrogen-bond donors (Lipinski definition) is 1. The van der Waals surface area contributed by atoms with Crippen LogP contribution in [0.3, 0.4) is 0 Å². The number of carbonyl (C=O) groups excluding carboxylic acids is 2. The van der Waals surface area contributed by atoms with Gasteiger partial charge in [0.05, 0.1) is 24.5 Å². The molecule has 3 rings (SSSR count). The second-order valence-corrected chi connectivity index (χ2v) is 6.90. The second kappa shape index (κ2) is 9.80. The highest BCUT2D eigenvalue weighted by Crippen LogP contribution is 2.28. The van der Waals surface area contributed by atoms with Crippen LogP contribution in [0.15, 0.2) is 76.3 Å². The van der Waals surface area contributed by atoms with Crippen LogP contribution in [0.4, 0.5) is 4.39 Å². The molecular weight excluding hydrogens is 455 g/mol. The fourth-order valence-corrected chi connectivity index (χ4v) is 2.89. The van der Waals surface area contributed by atoms with Gasteiger partial charge in [0.1, 0.15) is 5.82 Å². The molecule has 152 valence electrons. The summed E-state index contributed by atoms with van der Waals surface area (Å²) in [4.78, 5) is 24.3. The van der Waals surface area contributed by atoms with Crippen molar-refractivity contribution in [2.75, 3.05) is 7.11 Å². The number of methoxy groups -OCH3 is 1. The molecule has 0 spiro atoms. The van der Waals surface area contributed by atoms with Gasteiger partial charge in [0, 0.05) is 4.47 Å². The van der Waals surface area contributed by atoms with Gasteiger partial charge >= 0.3 is 5.97 Å². The molecule has 0 bridgehead atoms. The summed E-state index contributed by atoms with van der Waals surface area (Å²) in [7, 11) is 1.44. The van der Waals surface area contributed by atoms with E-state index in [1.165, 1.54) is 31.5 Å². The second-order valence-electron chi connectivity index (χ2n) is 5.99. The third-order valence-corrected chi connectivity index (χ3v) is 4.44. The lowest BCUT2D eigenvalue weighted by Gasteiger charge is -2.10. The molecule has 0 atom stereocenters. The number of amides is 1. The van der Waals surface area contributed by atoms with Crippen LogP contribution in [-0.2, 0) is 0 Å². The number of ether oxygens (including phenoxy) is 2. The molecule has 0 aliphatic rings. The van der Waals surface area contributed by atoms with E-state index in [-0.39, 0.29) is 11.3 Å². The zero-order valence-corrected chi connectivity index (χ0v) is 17.4. The van der Waals surface area contributed by atoms with E-state index >= 15 is 0 Å². The van der Waals surface area contributed by atoms with Gasteiger partial charge in [-0.1, -0.05) is 34.1 Å². The van der Waals surface area contributed by atoms with E-state index in [1.54, 1.807) is 48.5 Å². The smallest absolute Gasteiger partial charge is 0.343 e. The lowest BCUT2D eigenvalue weighted by Crippen LogP contribution is -2.18. The van der Waals surface area contributed by atoms with Gasteiger partial charge in [0.2, 0.25) is 0 Å². The Balaban J connectivity index is 1.69. The molecule has 0 aromatic heterocycles. The Morgan fingerprint density at radius 2 is 1.83 bits per heavy atom. The Morgan fingerprint density at radius 1 is 1.03 bits per heavy atom. The van der Waals surface area contributed by atoms with Crippen molar-refractivity contribution in [2.45, 2.75) is 0 Å². The van der Waals surface area contributed by atoms with E-state index in [0.29, 0.717) is 16.9 Å². The van der Waals surface area contributed by atoms with E-state index < -0.39 is 17.7 Å².